The number of rotatable bonds is 5. The second kappa shape index (κ2) is 8.01. The molecule has 0 amide bonds. The Morgan fingerprint density at radius 1 is 1.11 bits per heavy atom. The van der Waals surface area contributed by atoms with Crippen LogP contribution in [0.2, 0.25) is 10.0 Å². The number of nitrogens with zero attached hydrogens (tertiary/aromatic N) is 5. The summed E-state index contributed by atoms with van der Waals surface area (Å²) < 4.78 is 4.00. The SMILES string of the molecule is CN(Cn1nc2c(Cl)cc(Cl)cn2c1=S)[C@@H](c1ccccc1)c1ccccn1. The lowest BCUT2D eigenvalue weighted by atomic mass is 10.0. The van der Waals surface area contributed by atoms with E-state index < -0.39 is 0 Å². The van der Waals surface area contributed by atoms with Gasteiger partial charge in [0.15, 0.2) is 5.65 Å². The zero-order valence-electron chi connectivity index (χ0n) is 15.0. The summed E-state index contributed by atoms with van der Waals surface area (Å²) in [4.78, 5) is 6.72. The van der Waals surface area contributed by atoms with Crippen LogP contribution >= 0.6 is 35.4 Å². The number of pyridine rings is 2. The van der Waals surface area contributed by atoms with E-state index >= 15 is 0 Å². The van der Waals surface area contributed by atoms with Gasteiger partial charge in [0.25, 0.3) is 0 Å². The van der Waals surface area contributed by atoms with Gasteiger partial charge in [-0.15, -0.1) is 5.10 Å². The lowest BCUT2D eigenvalue weighted by Crippen LogP contribution is -2.29. The van der Waals surface area contributed by atoms with Crippen molar-refractivity contribution in [3.63, 3.8) is 0 Å². The quantitative estimate of drug-likeness (QED) is 0.406. The molecular formula is C20H17Cl2N5S. The van der Waals surface area contributed by atoms with Gasteiger partial charge in [-0.2, -0.15) is 0 Å². The monoisotopic (exact) mass is 429 g/mol. The second-order valence-electron chi connectivity index (χ2n) is 6.45. The van der Waals surface area contributed by atoms with Crippen LogP contribution in [0, 0.1) is 4.77 Å². The van der Waals surface area contributed by atoms with E-state index in [2.05, 4.69) is 27.1 Å². The minimum Gasteiger partial charge on any atom is -0.275 e. The van der Waals surface area contributed by atoms with Crippen LogP contribution in [0.4, 0.5) is 0 Å². The fourth-order valence-electron chi connectivity index (χ4n) is 3.25. The minimum absolute atomic E-state index is 0.0480. The lowest BCUT2D eigenvalue weighted by Gasteiger charge is -2.27. The molecule has 28 heavy (non-hydrogen) atoms. The molecule has 142 valence electrons. The van der Waals surface area contributed by atoms with Crippen LogP contribution in [0.3, 0.4) is 0 Å². The van der Waals surface area contributed by atoms with Gasteiger partial charge in [-0.25, -0.2) is 4.68 Å². The van der Waals surface area contributed by atoms with Crippen molar-refractivity contribution in [3.05, 3.63) is 93.1 Å². The number of hydrogen-bond donors (Lipinski definition) is 0. The van der Waals surface area contributed by atoms with Crippen molar-refractivity contribution >= 4 is 41.1 Å². The Labute approximate surface area is 177 Å². The van der Waals surface area contributed by atoms with Gasteiger partial charge in [0, 0.05) is 12.4 Å². The van der Waals surface area contributed by atoms with E-state index in [1.54, 1.807) is 27.5 Å². The molecule has 0 bridgehead atoms. The zero-order valence-corrected chi connectivity index (χ0v) is 17.4. The van der Waals surface area contributed by atoms with E-state index in [-0.39, 0.29) is 6.04 Å². The fourth-order valence-corrected chi connectivity index (χ4v) is 4.00. The molecule has 1 aromatic carbocycles. The van der Waals surface area contributed by atoms with Crippen molar-refractivity contribution in [3.8, 4) is 0 Å². The topological polar surface area (TPSA) is 38.4 Å². The predicted octanol–water partition coefficient (Wildman–Crippen LogP) is 5.25. The van der Waals surface area contributed by atoms with Gasteiger partial charge in [0.2, 0.25) is 4.77 Å². The molecule has 0 spiro atoms. The third-order valence-corrected chi connectivity index (χ3v) is 5.37. The number of aromatic nitrogens is 4. The molecule has 0 aliphatic carbocycles. The summed E-state index contributed by atoms with van der Waals surface area (Å²) in [6, 6.07) is 17.8. The second-order valence-corrected chi connectivity index (χ2v) is 7.66. The van der Waals surface area contributed by atoms with Crippen molar-refractivity contribution in [1.82, 2.24) is 24.1 Å². The zero-order chi connectivity index (χ0) is 19.7. The molecule has 0 aliphatic heterocycles. The average Bonchev–Trinajstić information content (AvgIpc) is 3.00. The number of hydrogen-bond acceptors (Lipinski definition) is 4. The van der Waals surface area contributed by atoms with E-state index in [0.29, 0.717) is 27.1 Å². The van der Waals surface area contributed by atoms with Crippen molar-refractivity contribution < 1.29 is 0 Å². The van der Waals surface area contributed by atoms with Crippen molar-refractivity contribution in [1.29, 1.82) is 0 Å². The highest BCUT2D eigenvalue weighted by molar-refractivity contribution is 7.71. The van der Waals surface area contributed by atoms with E-state index in [0.717, 1.165) is 11.3 Å². The third-order valence-electron chi connectivity index (χ3n) is 4.48. The summed E-state index contributed by atoms with van der Waals surface area (Å²) in [5.74, 6) is 0. The van der Waals surface area contributed by atoms with E-state index in [1.807, 2.05) is 43.4 Å². The average molecular weight is 430 g/mol. The van der Waals surface area contributed by atoms with E-state index in [1.165, 1.54) is 0 Å². The molecule has 3 heterocycles. The van der Waals surface area contributed by atoms with Crippen LogP contribution in [0.15, 0.2) is 67.0 Å². The van der Waals surface area contributed by atoms with Crippen LogP contribution in [-0.4, -0.2) is 31.1 Å². The maximum absolute atomic E-state index is 6.29. The normalized spacial score (nSPS) is 12.6. The molecule has 3 aromatic heterocycles. The third kappa shape index (κ3) is 3.69. The highest BCUT2D eigenvalue weighted by Gasteiger charge is 2.21. The number of benzene rings is 1. The Morgan fingerprint density at radius 3 is 2.57 bits per heavy atom. The Kier molecular flexibility index (Phi) is 5.46. The molecule has 0 saturated heterocycles. The molecule has 0 unspecified atom stereocenters. The highest BCUT2D eigenvalue weighted by Crippen LogP contribution is 2.27. The first-order chi connectivity index (χ1) is 13.5. The van der Waals surface area contributed by atoms with Gasteiger partial charge in [-0.05, 0) is 43.0 Å². The van der Waals surface area contributed by atoms with E-state index in [4.69, 9.17) is 35.4 Å². The van der Waals surface area contributed by atoms with Gasteiger partial charge < -0.3 is 0 Å². The maximum Gasteiger partial charge on any atom is 0.203 e. The molecule has 1 atom stereocenters. The fraction of sp³-hybridized carbons (Fsp3) is 0.150. The molecular weight excluding hydrogens is 413 g/mol. The number of halogens is 2. The summed E-state index contributed by atoms with van der Waals surface area (Å²) in [5, 5.41) is 5.56. The summed E-state index contributed by atoms with van der Waals surface area (Å²) in [5.41, 5.74) is 2.67. The molecule has 0 N–H and O–H groups in total. The largest absolute Gasteiger partial charge is 0.275 e. The predicted molar refractivity (Wildman–Crippen MR) is 114 cm³/mol. The van der Waals surface area contributed by atoms with Gasteiger partial charge >= 0.3 is 0 Å². The molecule has 4 rings (SSSR count). The molecule has 0 aliphatic rings. The van der Waals surface area contributed by atoms with Crippen molar-refractivity contribution in [2.75, 3.05) is 7.05 Å². The Bertz CT molecular complexity index is 1120. The first kappa shape index (κ1) is 19.1. The summed E-state index contributed by atoms with van der Waals surface area (Å²) in [6.45, 7) is 0.463. The van der Waals surface area contributed by atoms with Crippen LogP contribution in [0.1, 0.15) is 17.3 Å². The van der Waals surface area contributed by atoms with Gasteiger partial charge in [-0.1, -0.05) is 59.6 Å². The first-order valence-corrected chi connectivity index (χ1v) is 9.81. The van der Waals surface area contributed by atoms with Crippen LogP contribution in [-0.2, 0) is 6.67 Å². The lowest BCUT2D eigenvalue weighted by molar-refractivity contribution is 0.205. The Hall–Kier alpha value is -2.25. The number of fused-ring (bicyclic) bond motifs is 1. The van der Waals surface area contributed by atoms with Crippen LogP contribution < -0.4 is 0 Å². The molecule has 4 aromatic rings. The Balaban J connectivity index is 1.74. The highest BCUT2D eigenvalue weighted by atomic mass is 35.5. The van der Waals surface area contributed by atoms with Crippen molar-refractivity contribution in [2.45, 2.75) is 12.7 Å². The summed E-state index contributed by atoms with van der Waals surface area (Å²) >= 11 is 18.0. The van der Waals surface area contributed by atoms with Gasteiger partial charge in [-0.3, -0.25) is 14.3 Å². The minimum atomic E-state index is -0.0480. The Morgan fingerprint density at radius 2 is 1.86 bits per heavy atom. The molecule has 5 nitrogen and oxygen atoms in total. The molecule has 0 radical (unpaired) electrons. The first-order valence-electron chi connectivity index (χ1n) is 8.65. The summed E-state index contributed by atoms with van der Waals surface area (Å²) in [6.07, 6.45) is 3.53. The van der Waals surface area contributed by atoms with E-state index in [9.17, 15) is 0 Å². The van der Waals surface area contributed by atoms with Crippen LogP contribution in [0.5, 0.6) is 0 Å². The molecule has 0 fully saturated rings. The van der Waals surface area contributed by atoms with Gasteiger partial charge in [0.1, 0.15) is 0 Å². The summed E-state index contributed by atoms with van der Waals surface area (Å²) in [7, 11) is 2.02. The molecule has 0 saturated carbocycles. The van der Waals surface area contributed by atoms with Crippen molar-refractivity contribution in [2.24, 2.45) is 0 Å². The van der Waals surface area contributed by atoms with Crippen LogP contribution in [0.25, 0.3) is 5.65 Å². The smallest absolute Gasteiger partial charge is 0.203 e. The van der Waals surface area contributed by atoms with Gasteiger partial charge in [0.05, 0.1) is 28.4 Å². The maximum atomic E-state index is 6.29. The standard InChI is InChI=1S/C20H17Cl2N5S/c1-25(13-27-20(28)26-12-15(21)11-16(22)19(26)24-27)18(14-7-3-2-4-8-14)17-9-5-6-10-23-17/h2-12,18H,13H2,1H3/t18-/m0/s1. The molecule has 8 heteroatoms.